The van der Waals surface area contributed by atoms with E-state index in [0.717, 1.165) is 18.5 Å². The number of rotatable bonds is 5. The topological polar surface area (TPSA) is 72.9 Å². The summed E-state index contributed by atoms with van der Waals surface area (Å²) in [4.78, 5) is 11.8. The standard InChI is InChI=1S/C14H18N4O/c1-2-3-8-16-14(19)13-7-9-18(17-13)12-6-4-5-11(15)10-12/h4-7,9-10H,2-3,8,15H2,1H3,(H,16,19). The number of anilines is 1. The summed E-state index contributed by atoms with van der Waals surface area (Å²) in [5.41, 5.74) is 7.65. The third kappa shape index (κ3) is 3.34. The average Bonchev–Trinajstić information content (AvgIpc) is 2.88. The molecule has 1 amide bonds. The molecule has 1 aromatic carbocycles. The van der Waals surface area contributed by atoms with Gasteiger partial charge in [0.25, 0.3) is 5.91 Å². The molecule has 0 fully saturated rings. The molecule has 0 atom stereocenters. The highest BCUT2D eigenvalue weighted by Crippen LogP contribution is 2.11. The van der Waals surface area contributed by atoms with Crippen molar-refractivity contribution in [2.75, 3.05) is 12.3 Å². The largest absolute Gasteiger partial charge is 0.399 e. The molecule has 1 heterocycles. The van der Waals surface area contributed by atoms with Gasteiger partial charge in [0.1, 0.15) is 0 Å². The summed E-state index contributed by atoms with van der Waals surface area (Å²) < 4.78 is 1.64. The van der Waals surface area contributed by atoms with E-state index in [1.807, 2.05) is 24.3 Å². The molecular formula is C14H18N4O. The third-order valence-corrected chi connectivity index (χ3v) is 2.77. The van der Waals surface area contributed by atoms with Gasteiger partial charge in [0.05, 0.1) is 5.69 Å². The Morgan fingerprint density at radius 3 is 3.00 bits per heavy atom. The normalized spacial score (nSPS) is 10.4. The SMILES string of the molecule is CCCCNC(=O)c1ccn(-c2cccc(N)c2)n1. The number of nitrogens with two attached hydrogens (primary N) is 1. The number of benzene rings is 1. The molecule has 0 unspecified atom stereocenters. The molecular weight excluding hydrogens is 240 g/mol. The first-order valence-electron chi connectivity index (χ1n) is 6.40. The maximum Gasteiger partial charge on any atom is 0.271 e. The number of carbonyl (C=O) groups excluding carboxylic acids is 1. The molecule has 0 bridgehead atoms. The van der Waals surface area contributed by atoms with Crippen molar-refractivity contribution in [3.8, 4) is 5.69 Å². The van der Waals surface area contributed by atoms with Crippen molar-refractivity contribution in [1.82, 2.24) is 15.1 Å². The Bertz CT molecular complexity index is 562. The van der Waals surface area contributed by atoms with Crippen LogP contribution in [0.25, 0.3) is 5.69 Å². The molecule has 0 spiro atoms. The van der Waals surface area contributed by atoms with Gasteiger partial charge in [-0.25, -0.2) is 4.68 Å². The number of nitrogens with zero attached hydrogens (tertiary/aromatic N) is 2. The minimum atomic E-state index is -0.142. The quantitative estimate of drug-likeness (QED) is 0.636. The first-order valence-corrected chi connectivity index (χ1v) is 6.40. The van der Waals surface area contributed by atoms with Gasteiger partial charge in [0.15, 0.2) is 5.69 Å². The van der Waals surface area contributed by atoms with Crippen molar-refractivity contribution in [3.63, 3.8) is 0 Å². The van der Waals surface area contributed by atoms with Crippen molar-refractivity contribution in [3.05, 3.63) is 42.2 Å². The highest BCUT2D eigenvalue weighted by molar-refractivity contribution is 5.92. The number of hydrogen-bond donors (Lipinski definition) is 2. The highest BCUT2D eigenvalue weighted by atomic mass is 16.1. The first kappa shape index (κ1) is 13.1. The summed E-state index contributed by atoms with van der Waals surface area (Å²) in [6, 6.07) is 9.07. The fraction of sp³-hybridized carbons (Fsp3) is 0.286. The molecule has 0 aliphatic heterocycles. The molecule has 5 heteroatoms. The molecule has 0 saturated heterocycles. The Morgan fingerprint density at radius 1 is 1.42 bits per heavy atom. The fourth-order valence-electron chi connectivity index (χ4n) is 1.73. The molecule has 2 rings (SSSR count). The second kappa shape index (κ2) is 6.04. The smallest absolute Gasteiger partial charge is 0.271 e. The lowest BCUT2D eigenvalue weighted by Gasteiger charge is -2.03. The van der Waals surface area contributed by atoms with E-state index in [1.165, 1.54) is 0 Å². The fourth-order valence-corrected chi connectivity index (χ4v) is 1.73. The number of amides is 1. The summed E-state index contributed by atoms with van der Waals surface area (Å²) in [6.07, 6.45) is 3.78. The zero-order valence-electron chi connectivity index (χ0n) is 11.0. The lowest BCUT2D eigenvalue weighted by molar-refractivity contribution is 0.0948. The molecule has 100 valence electrons. The lowest BCUT2D eigenvalue weighted by atomic mass is 10.3. The molecule has 0 aliphatic rings. The van der Waals surface area contributed by atoms with Crippen LogP contribution in [0.15, 0.2) is 36.5 Å². The number of unbranched alkanes of at least 4 members (excludes halogenated alkanes) is 1. The van der Waals surface area contributed by atoms with Crippen LogP contribution in [0.4, 0.5) is 5.69 Å². The highest BCUT2D eigenvalue weighted by Gasteiger charge is 2.09. The van der Waals surface area contributed by atoms with Gasteiger partial charge in [-0.3, -0.25) is 4.79 Å². The summed E-state index contributed by atoms with van der Waals surface area (Å²) >= 11 is 0. The Kier molecular flexibility index (Phi) is 4.18. The van der Waals surface area contributed by atoms with E-state index in [1.54, 1.807) is 16.9 Å². The van der Waals surface area contributed by atoms with Gasteiger partial charge >= 0.3 is 0 Å². The summed E-state index contributed by atoms with van der Waals surface area (Å²) in [5.74, 6) is -0.142. The lowest BCUT2D eigenvalue weighted by Crippen LogP contribution is -2.24. The minimum Gasteiger partial charge on any atom is -0.399 e. The van der Waals surface area contributed by atoms with Crippen LogP contribution in [0.5, 0.6) is 0 Å². The summed E-state index contributed by atoms with van der Waals surface area (Å²) in [7, 11) is 0. The number of hydrogen-bond acceptors (Lipinski definition) is 3. The molecule has 2 aromatic rings. The van der Waals surface area contributed by atoms with Crippen molar-refractivity contribution >= 4 is 11.6 Å². The monoisotopic (exact) mass is 258 g/mol. The van der Waals surface area contributed by atoms with Gasteiger partial charge in [-0.1, -0.05) is 19.4 Å². The van der Waals surface area contributed by atoms with E-state index in [2.05, 4.69) is 17.3 Å². The van der Waals surface area contributed by atoms with Gasteiger partial charge in [-0.15, -0.1) is 0 Å². The predicted octanol–water partition coefficient (Wildman–Crippen LogP) is 1.98. The van der Waals surface area contributed by atoms with Gasteiger partial charge < -0.3 is 11.1 Å². The van der Waals surface area contributed by atoms with Gasteiger partial charge in [0, 0.05) is 18.4 Å². The molecule has 19 heavy (non-hydrogen) atoms. The van der Waals surface area contributed by atoms with Crippen molar-refractivity contribution in [2.24, 2.45) is 0 Å². The van der Waals surface area contributed by atoms with Crippen LogP contribution in [0.1, 0.15) is 30.3 Å². The average molecular weight is 258 g/mol. The van der Waals surface area contributed by atoms with E-state index in [0.29, 0.717) is 17.9 Å². The number of carbonyl (C=O) groups is 1. The Balaban J connectivity index is 2.08. The molecule has 0 aliphatic carbocycles. The second-order valence-corrected chi connectivity index (χ2v) is 4.35. The van der Waals surface area contributed by atoms with E-state index < -0.39 is 0 Å². The van der Waals surface area contributed by atoms with E-state index in [9.17, 15) is 4.79 Å². The van der Waals surface area contributed by atoms with Crippen LogP contribution in [0.3, 0.4) is 0 Å². The minimum absolute atomic E-state index is 0.142. The maximum atomic E-state index is 11.8. The molecule has 1 aromatic heterocycles. The number of nitrogen functional groups attached to an aromatic ring is 1. The van der Waals surface area contributed by atoms with Gasteiger partial charge in [-0.2, -0.15) is 5.10 Å². The first-order chi connectivity index (χ1) is 9.20. The van der Waals surface area contributed by atoms with Crippen molar-refractivity contribution in [1.29, 1.82) is 0 Å². The maximum absolute atomic E-state index is 11.8. The third-order valence-electron chi connectivity index (χ3n) is 2.77. The zero-order valence-corrected chi connectivity index (χ0v) is 11.0. The van der Waals surface area contributed by atoms with Crippen LogP contribution in [0, 0.1) is 0 Å². The van der Waals surface area contributed by atoms with Gasteiger partial charge in [0.2, 0.25) is 0 Å². The van der Waals surface area contributed by atoms with Crippen LogP contribution in [0.2, 0.25) is 0 Å². The van der Waals surface area contributed by atoms with E-state index in [4.69, 9.17) is 5.73 Å². The van der Waals surface area contributed by atoms with Crippen LogP contribution >= 0.6 is 0 Å². The zero-order chi connectivity index (χ0) is 13.7. The molecule has 0 saturated carbocycles. The van der Waals surface area contributed by atoms with E-state index >= 15 is 0 Å². The Morgan fingerprint density at radius 2 is 2.26 bits per heavy atom. The van der Waals surface area contributed by atoms with Crippen LogP contribution in [-0.4, -0.2) is 22.2 Å². The summed E-state index contributed by atoms with van der Waals surface area (Å²) in [6.45, 7) is 2.77. The van der Waals surface area contributed by atoms with Crippen LogP contribution in [-0.2, 0) is 0 Å². The van der Waals surface area contributed by atoms with Crippen molar-refractivity contribution < 1.29 is 4.79 Å². The summed E-state index contributed by atoms with van der Waals surface area (Å²) in [5, 5.41) is 7.09. The number of nitrogens with one attached hydrogen (secondary N) is 1. The van der Waals surface area contributed by atoms with Crippen molar-refractivity contribution in [2.45, 2.75) is 19.8 Å². The predicted molar refractivity (Wildman–Crippen MR) is 75.2 cm³/mol. The van der Waals surface area contributed by atoms with E-state index in [-0.39, 0.29) is 5.91 Å². The van der Waals surface area contributed by atoms with Gasteiger partial charge in [-0.05, 0) is 30.7 Å². The Hall–Kier alpha value is -2.30. The number of aromatic nitrogens is 2. The molecule has 3 N–H and O–H groups in total. The molecule has 5 nitrogen and oxygen atoms in total. The van der Waals surface area contributed by atoms with Crippen LogP contribution < -0.4 is 11.1 Å². The second-order valence-electron chi connectivity index (χ2n) is 4.35. The molecule has 0 radical (unpaired) electrons. The Labute approximate surface area is 112 Å².